The zero-order valence-electron chi connectivity index (χ0n) is 9.77. The van der Waals surface area contributed by atoms with Gasteiger partial charge in [-0.2, -0.15) is 0 Å². The molecular weight excluding hydrogens is 220 g/mol. The second-order valence-corrected chi connectivity index (χ2v) is 5.36. The molecule has 1 aromatic rings. The number of carbonyl (C=O) groups is 1. The van der Waals surface area contributed by atoms with Crippen molar-refractivity contribution in [1.29, 1.82) is 0 Å². The number of nitrogens with one attached hydrogen (secondary N) is 1. The van der Waals surface area contributed by atoms with Crippen molar-refractivity contribution in [3.63, 3.8) is 0 Å². The molecule has 1 aliphatic heterocycles. The number of nitrogens with zero attached hydrogens (tertiary/aromatic N) is 1. The van der Waals surface area contributed by atoms with Crippen LogP contribution in [0.2, 0.25) is 0 Å². The molecule has 2 unspecified atom stereocenters. The van der Waals surface area contributed by atoms with Crippen LogP contribution in [0.25, 0.3) is 0 Å². The average Bonchev–Trinajstić information content (AvgIpc) is 2.80. The molecule has 0 radical (unpaired) electrons. The van der Waals surface area contributed by atoms with Gasteiger partial charge in [0.25, 0.3) is 0 Å². The molecule has 0 bridgehead atoms. The van der Waals surface area contributed by atoms with Crippen LogP contribution in [-0.2, 0) is 4.79 Å². The molecule has 1 aliphatic rings. The maximum Gasteiger partial charge on any atom is 0.230 e. The van der Waals surface area contributed by atoms with Crippen molar-refractivity contribution in [3.05, 3.63) is 22.4 Å². The van der Waals surface area contributed by atoms with E-state index in [1.165, 1.54) is 0 Å². The summed E-state index contributed by atoms with van der Waals surface area (Å²) in [5.74, 6) is 0.265. The van der Waals surface area contributed by atoms with Crippen LogP contribution in [-0.4, -0.2) is 36.5 Å². The zero-order chi connectivity index (χ0) is 11.5. The summed E-state index contributed by atoms with van der Waals surface area (Å²) in [5, 5.41) is 5.38. The summed E-state index contributed by atoms with van der Waals surface area (Å²) in [6, 6.07) is 4.46. The van der Waals surface area contributed by atoms with Gasteiger partial charge in [-0.1, -0.05) is 6.07 Å². The minimum absolute atomic E-state index is 0.00491. The summed E-state index contributed by atoms with van der Waals surface area (Å²) in [6.45, 7) is 6.69. The van der Waals surface area contributed by atoms with E-state index in [1.54, 1.807) is 11.3 Å². The average molecular weight is 238 g/mol. The van der Waals surface area contributed by atoms with E-state index in [2.05, 4.69) is 12.2 Å². The van der Waals surface area contributed by atoms with Crippen LogP contribution in [0.3, 0.4) is 0 Å². The van der Waals surface area contributed by atoms with Crippen LogP contribution in [0.5, 0.6) is 0 Å². The Bertz CT molecular complexity index is 350. The van der Waals surface area contributed by atoms with Crippen LogP contribution in [0.15, 0.2) is 17.5 Å². The van der Waals surface area contributed by atoms with Crippen LogP contribution in [0.4, 0.5) is 0 Å². The molecule has 0 spiro atoms. The van der Waals surface area contributed by atoms with Crippen molar-refractivity contribution in [1.82, 2.24) is 10.2 Å². The van der Waals surface area contributed by atoms with Crippen LogP contribution in [0.1, 0.15) is 24.6 Å². The maximum atomic E-state index is 12.2. The number of hydrogen-bond acceptors (Lipinski definition) is 3. The Morgan fingerprint density at radius 1 is 1.69 bits per heavy atom. The Hall–Kier alpha value is -0.870. The summed E-state index contributed by atoms with van der Waals surface area (Å²) < 4.78 is 0. The fourth-order valence-electron chi connectivity index (χ4n) is 2.07. The largest absolute Gasteiger partial charge is 0.339 e. The molecule has 0 saturated carbocycles. The molecule has 2 atom stereocenters. The molecule has 1 aromatic heterocycles. The highest BCUT2D eigenvalue weighted by atomic mass is 32.1. The summed E-state index contributed by atoms with van der Waals surface area (Å²) in [7, 11) is 0. The monoisotopic (exact) mass is 238 g/mol. The van der Waals surface area contributed by atoms with E-state index in [1.807, 2.05) is 29.3 Å². The Morgan fingerprint density at radius 2 is 2.50 bits per heavy atom. The Kier molecular flexibility index (Phi) is 3.61. The van der Waals surface area contributed by atoms with Crippen LogP contribution < -0.4 is 5.32 Å². The predicted octanol–water partition coefficient (Wildman–Crippen LogP) is 1.67. The van der Waals surface area contributed by atoms with E-state index in [-0.39, 0.29) is 11.8 Å². The standard InChI is InChI=1S/C12H18N2OS/c1-9-8-14(6-5-13-9)12(15)10(2)11-4-3-7-16-11/h3-4,7,9-10,13H,5-6,8H2,1-2H3. The molecule has 1 fully saturated rings. The summed E-state index contributed by atoms with van der Waals surface area (Å²) in [6.07, 6.45) is 0. The van der Waals surface area contributed by atoms with Crippen LogP contribution >= 0.6 is 11.3 Å². The molecule has 4 heteroatoms. The van der Waals surface area contributed by atoms with E-state index in [4.69, 9.17) is 0 Å². The van der Waals surface area contributed by atoms with E-state index in [0.717, 1.165) is 24.5 Å². The molecule has 0 aromatic carbocycles. The summed E-state index contributed by atoms with van der Waals surface area (Å²) in [4.78, 5) is 15.4. The SMILES string of the molecule is CC1CN(C(=O)C(C)c2cccs2)CCN1. The van der Waals surface area contributed by atoms with E-state index in [9.17, 15) is 4.79 Å². The topological polar surface area (TPSA) is 32.3 Å². The zero-order valence-corrected chi connectivity index (χ0v) is 10.6. The highest BCUT2D eigenvalue weighted by Crippen LogP contribution is 2.23. The first-order valence-corrected chi connectivity index (χ1v) is 6.62. The third-order valence-electron chi connectivity index (χ3n) is 3.02. The number of thiophene rings is 1. The van der Waals surface area contributed by atoms with Gasteiger partial charge in [0.15, 0.2) is 0 Å². The highest BCUT2D eigenvalue weighted by molar-refractivity contribution is 7.10. The van der Waals surface area contributed by atoms with E-state index >= 15 is 0 Å². The molecule has 1 N–H and O–H groups in total. The molecule has 0 aliphatic carbocycles. The molecule has 16 heavy (non-hydrogen) atoms. The number of hydrogen-bond donors (Lipinski definition) is 1. The van der Waals surface area contributed by atoms with Crippen molar-refractivity contribution in [2.45, 2.75) is 25.8 Å². The fourth-order valence-corrected chi connectivity index (χ4v) is 2.84. The second kappa shape index (κ2) is 4.97. The lowest BCUT2D eigenvalue weighted by atomic mass is 10.1. The molecule has 3 nitrogen and oxygen atoms in total. The Balaban J connectivity index is 2.01. The van der Waals surface area contributed by atoms with Gasteiger partial charge < -0.3 is 10.2 Å². The number of carbonyl (C=O) groups excluding carboxylic acids is 1. The number of piperazine rings is 1. The molecule has 2 rings (SSSR count). The van der Waals surface area contributed by atoms with Crippen molar-refractivity contribution in [3.8, 4) is 0 Å². The van der Waals surface area contributed by atoms with Crippen molar-refractivity contribution in [2.75, 3.05) is 19.6 Å². The number of amides is 1. The third-order valence-corrected chi connectivity index (χ3v) is 4.08. The summed E-state index contributed by atoms with van der Waals surface area (Å²) >= 11 is 1.66. The first-order chi connectivity index (χ1) is 7.68. The van der Waals surface area contributed by atoms with Gasteiger partial charge in [0, 0.05) is 30.6 Å². The van der Waals surface area contributed by atoms with E-state index in [0.29, 0.717) is 6.04 Å². The van der Waals surface area contributed by atoms with Crippen molar-refractivity contribution >= 4 is 17.2 Å². The quantitative estimate of drug-likeness (QED) is 0.850. The van der Waals surface area contributed by atoms with Crippen molar-refractivity contribution in [2.24, 2.45) is 0 Å². The van der Waals surface area contributed by atoms with Gasteiger partial charge in [-0.25, -0.2) is 0 Å². The second-order valence-electron chi connectivity index (χ2n) is 4.38. The Morgan fingerprint density at radius 3 is 3.12 bits per heavy atom. The molecule has 88 valence electrons. The first kappa shape index (κ1) is 11.6. The lowest BCUT2D eigenvalue weighted by Gasteiger charge is -2.33. The molecule has 1 amide bonds. The molecule has 1 saturated heterocycles. The third kappa shape index (κ3) is 2.44. The van der Waals surface area contributed by atoms with Gasteiger partial charge in [-0.3, -0.25) is 4.79 Å². The molecular formula is C12H18N2OS. The van der Waals surface area contributed by atoms with Gasteiger partial charge in [-0.05, 0) is 25.3 Å². The maximum absolute atomic E-state index is 12.2. The highest BCUT2D eigenvalue weighted by Gasteiger charge is 2.25. The van der Waals surface area contributed by atoms with Gasteiger partial charge in [-0.15, -0.1) is 11.3 Å². The fraction of sp³-hybridized carbons (Fsp3) is 0.583. The summed E-state index contributed by atoms with van der Waals surface area (Å²) in [5.41, 5.74) is 0. The smallest absolute Gasteiger partial charge is 0.230 e. The molecule has 2 heterocycles. The minimum atomic E-state index is 0.00491. The van der Waals surface area contributed by atoms with Gasteiger partial charge >= 0.3 is 0 Å². The minimum Gasteiger partial charge on any atom is -0.339 e. The Labute approximate surface area is 100 Å². The number of rotatable bonds is 2. The predicted molar refractivity (Wildman–Crippen MR) is 66.8 cm³/mol. The van der Waals surface area contributed by atoms with Crippen LogP contribution in [0, 0.1) is 0 Å². The van der Waals surface area contributed by atoms with Gasteiger partial charge in [0.1, 0.15) is 0 Å². The lowest BCUT2D eigenvalue weighted by molar-refractivity contribution is -0.133. The first-order valence-electron chi connectivity index (χ1n) is 5.74. The van der Waals surface area contributed by atoms with Gasteiger partial charge in [0.2, 0.25) is 5.91 Å². The normalized spacial score (nSPS) is 23.1. The van der Waals surface area contributed by atoms with E-state index < -0.39 is 0 Å². The van der Waals surface area contributed by atoms with Gasteiger partial charge in [0.05, 0.1) is 5.92 Å². The van der Waals surface area contributed by atoms with Crippen molar-refractivity contribution < 1.29 is 4.79 Å². The lowest BCUT2D eigenvalue weighted by Crippen LogP contribution is -2.52.